The van der Waals surface area contributed by atoms with Crippen molar-refractivity contribution in [2.45, 2.75) is 32.2 Å². The quantitative estimate of drug-likeness (QED) is 0.905. The Morgan fingerprint density at radius 1 is 1.40 bits per heavy atom. The number of carbonyl (C=O) groups is 1. The lowest BCUT2D eigenvalue weighted by Gasteiger charge is -2.20. The normalized spacial score (nSPS) is 17.3. The molecule has 7 nitrogen and oxygen atoms in total. The largest absolute Gasteiger partial charge is 0.381 e. The molecule has 2 aromatic heterocycles. The average Bonchev–Trinajstić information content (AvgIpc) is 2.65. The number of aryl methyl sites for hydroxylation is 1. The second kappa shape index (κ2) is 7.57. The fourth-order valence-corrected chi connectivity index (χ4v) is 2.82. The van der Waals surface area contributed by atoms with E-state index in [1.807, 2.05) is 6.92 Å². The first-order valence-electron chi connectivity index (χ1n) is 8.40. The zero-order valence-corrected chi connectivity index (χ0v) is 14.5. The molecule has 0 saturated carbocycles. The summed E-state index contributed by atoms with van der Waals surface area (Å²) in [7, 11) is 1.65. The predicted octanol–water partition coefficient (Wildman–Crippen LogP) is 1.31. The number of amides is 1. The maximum atomic E-state index is 12.3. The number of ether oxygens (including phenoxy) is 1. The molecule has 1 unspecified atom stereocenters. The zero-order valence-electron chi connectivity index (χ0n) is 14.5. The van der Waals surface area contributed by atoms with Crippen LogP contribution in [0.15, 0.2) is 29.2 Å². The molecule has 2 aromatic rings. The van der Waals surface area contributed by atoms with Crippen LogP contribution in [0.3, 0.4) is 0 Å². The number of hydrogen-bond donors (Lipinski definition) is 1. The number of nitrogens with zero attached hydrogens (tertiary/aromatic N) is 3. The van der Waals surface area contributed by atoms with E-state index in [2.05, 4.69) is 15.3 Å². The molecular formula is C18H22N4O3. The van der Waals surface area contributed by atoms with Crippen molar-refractivity contribution in [1.82, 2.24) is 19.9 Å². The van der Waals surface area contributed by atoms with E-state index in [1.54, 1.807) is 31.4 Å². The monoisotopic (exact) mass is 342 g/mol. The third-order valence-electron chi connectivity index (χ3n) is 4.49. The molecular weight excluding hydrogens is 320 g/mol. The van der Waals surface area contributed by atoms with Crippen LogP contribution in [0.4, 0.5) is 0 Å². The van der Waals surface area contributed by atoms with Gasteiger partial charge < -0.3 is 14.6 Å². The summed E-state index contributed by atoms with van der Waals surface area (Å²) in [5.41, 5.74) is 1.34. The number of nitrogens with one attached hydrogen (secondary N) is 1. The molecule has 7 heteroatoms. The Hall–Kier alpha value is -2.54. The zero-order chi connectivity index (χ0) is 17.8. The highest BCUT2D eigenvalue weighted by molar-refractivity contribution is 5.93. The molecule has 0 spiro atoms. The molecule has 132 valence electrons. The van der Waals surface area contributed by atoms with Crippen molar-refractivity contribution in [2.24, 2.45) is 7.05 Å². The van der Waals surface area contributed by atoms with Crippen molar-refractivity contribution >= 4 is 5.91 Å². The second-order valence-electron chi connectivity index (χ2n) is 6.26. The Balaban J connectivity index is 1.68. The van der Waals surface area contributed by atoms with Crippen molar-refractivity contribution in [3.63, 3.8) is 0 Å². The van der Waals surface area contributed by atoms with Gasteiger partial charge in [-0.1, -0.05) is 0 Å². The van der Waals surface area contributed by atoms with E-state index >= 15 is 0 Å². The lowest BCUT2D eigenvalue weighted by atomic mass is 10.0. The minimum atomic E-state index is -0.401. The van der Waals surface area contributed by atoms with Crippen LogP contribution in [0.2, 0.25) is 0 Å². The number of rotatable bonds is 4. The lowest BCUT2D eigenvalue weighted by Crippen LogP contribution is -2.32. The summed E-state index contributed by atoms with van der Waals surface area (Å²) in [6.07, 6.45) is 3.71. The van der Waals surface area contributed by atoms with Crippen LogP contribution in [0.5, 0.6) is 0 Å². The van der Waals surface area contributed by atoms with Crippen molar-refractivity contribution in [1.29, 1.82) is 0 Å². The van der Waals surface area contributed by atoms with Crippen molar-refractivity contribution in [3.8, 4) is 0 Å². The van der Waals surface area contributed by atoms with Crippen LogP contribution >= 0.6 is 0 Å². The first-order chi connectivity index (χ1) is 12.1. The van der Waals surface area contributed by atoms with Gasteiger partial charge in [0, 0.05) is 31.5 Å². The molecule has 1 fully saturated rings. The summed E-state index contributed by atoms with van der Waals surface area (Å²) in [5.74, 6) is 0.549. The Morgan fingerprint density at radius 3 is 3.00 bits per heavy atom. The lowest BCUT2D eigenvalue weighted by molar-refractivity contribution is 0.0779. The molecule has 0 radical (unpaired) electrons. The van der Waals surface area contributed by atoms with Crippen LogP contribution in [-0.4, -0.2) is 33.7 Å². The van der Waals surface area contributed by atoms with Gasteiger partial charge in [-0.25, -0.2) is 9.97 Å². The van der Waals surface area contributed by atoms with Gasteiger partial charge in [-0.05, 0) is 38.0 Å². The Bertz CT molecular complexity index is 825. The van der Waals surface area contributed by atoms with E-state index < -0.39 is 5.91 Å². The molecule has 3 rings (SSSR count). The molecule has 3 heterocycles. The first kappa shape index (κ1) is 17.3. The third-order valence-corrected chi connectivity index (χ3v) is 4.49. The fourth-order valence-electron chi connectivity index (χ4n) is 2.82. The number of pyridine rings is 1. The van der Waals surface area contributed by atoms with Crippen molar-refractivity contribution < 1.29 is 9.53 Å². The van der Waals surface area contributed by atoms with Gasteiger partial charge in [0.15, 0.2) is 0 Å². The summed E-state index contributed by atoms with van der Waals surface area (Å²) in [4.78, 5) is 33.3. The van der Waals surface area contributed by atoms with Gasteiger partial charge in [0.1, 0.15) is 11.4 Å². The van der Waals surface area contributed by atoms with E-state index in [9.17, 15) is 9.59 Å². The first-order valence-corrected chi connectivity index (χ1v) is 8.40. The highest BCUT2D eigenvalue weighted by atomic mass is 16.5. The van der Waals surface area contributed by atoms with E-state index in [0.717, 1.165) is 31.0 Å². The molecule has 0 aliphatic carbocycles. The average molecular weight is 342 g/mol. The molecule has 1 aliphatic heterocycles. The minimum absolute atomic E-state index is 0.128. The summed E-state index contributed by atoms with van der Waals surface area (Å²) in [5, 5.41) is 2.76. The molecule has 1 atom stereocenters. The number of carbonyl (C=O) groups excluding carboxylic acids is 1. The van der Waals surface area contributed by atoms with E-state index in [1.165, 1.54) is 4.57 Å². The molecule has 0 aromatic carbocycles. The standard InChI is InChI=1S/C18H22N4O3/c1-12-5-6-15(18(24)22(12)2)17(23)20-10-14-7-8-19-16(21-14)13-4-3-9-25-11-13/h5-8,13H,3-4,9-11H2,1-2H3,(H,20,23). The van der Waals surface area contributed by atoms with Crippen molar-refractivity contribution in [2.75, 3.05) is 13.2 Å². The van der Waals surface area contributed by atoms with E-state index in [0.29, 0.717) is 12.3 Å². The molecule has 25 heavy (non-hydrogen) atoms. The maximum Gasteiger partial charge on any atom is 0.263 e. The minimum Gasteiger partial charge on any atom is -0.381 e. The topological polar surface area (TPSA) is 86.1 Å². The highest BCUT2D eigenvalue weighted by Gasteiger charge is 2.19. The van der Waals surface area contributed by atoms with Gasteiger partial charge in [0.25, 0.3) is 11.5 Å². The van der Waals surface area contributed by atoms with Crippen LogP contribution in [0, 0.1) is 6.92 Å². The van der Waals surface area contributed by atoms with Crippen LogP contribution < -0.4 is 10.9 Å². The molecule has 0 bridgehead atoms. The number of hydrogen-bond acceptors (Lipinski definition) is 5. The summed E-state index contributed by atoms with van der Waals surface area (Å²) in [6.45, 7) is 3.49. The molecule has 1 N–H and O–H groups in total. The Morgan fingerprint density at radius 2 is 2.24 bits per heavy atom. The van der Waals surface area contributed by atoms with Gasteiger partial charge >= 0.3 is 0 Å². The van der Waals surface area contributed by atoms with Gasteiger partial charge in [-0.3, -0.25) is 9.59 Å². The fraction of sp³-hybridized carbons (Fsp3) is 0.444. The van der Waals surface area contributed by atoms with Gasteiger partial charge in [0.2, 0.25) is 0 Å². The molecule has 1 saturated heterocycles. The highest BCUT2D eigenvalue weighted by Crippen LogP contribution is 2.22. The van der Waals surface area contributed by atoms with Crippen molar-refractivity contribution in [3.05, 3.63) is 57.5 Å². The van der Waals surface area contributed by atoms with E-state index in [-0.39, 0.29) is 23.6 Å². The summed E-state index contributed by atoms with van der Waals surface area (Å²) in [6, 6.07) is 5.07. The maximum absolute atomic E-state index is 12.3. The summed E-state index contributed by atoms with van der Waals surface area (Å²) >= 11 is 0. The second-order valence-corrected chi connectivity index (χ2v) is 6.26. The van der Waals surface area contributed by atoms with Gasteiger partial charge in [0.05, 0.1) is 18.8 Å². The smallest absolute Gasteiger partial charge is 0.263 e. The number of aromatic nitrogens is 3. The van der Waals surface area contributed by atoms with E-state index in [4.69, 9.17) is 4.74 Å². The van der Waals surface area contributed by atoms with Crippen LogP contribution in [0.1, 0.15) is 46.3 Å². The molecule has 1 amide bonds. The predicted molar refractivity (Wildman–Crippen MR) is 92.4 cm³/mol. The van der Waals surface area contributed by atoms with Gasteiger partial charge in [-0.2, -0.15) is 0 Å². The Kier molecular flexibility index (Phi) is 5.23. The third kappa shape index (κ3) is 3.93. The SMILES string of the molecule is Cc1ccc(C(=O)NCc2ccnc(C3CCCOC3)n2)c(=O)n1C. The Labute approximate surface area is 146 Å². The summed E-state index contributed by atoms with van der Waals surface area (Å²) < 4.78 is 6.94. The van der Waals surface area contributed by atoms with Gasteiger partial charge in [-0.15, -0.1) is 0 Å². The van der Waals surface area contributed by atoms with Crippen LogP contribution in [0.25, 0.3) is 0 Å². The molecule has 1 aliphatic rings. The van der Waals surface area contributed by atoms with Crippen LogP contribution in [-0.2, 0) is 18.3 Å².